The molecule has 0 saturated carbocycles. The van der Waals surface area contributed by atoms with Crippen LogP contribution in [-0.4, -0.2) is 22.1 Å². The molecular weight excluding hydrogens is 440 g/mol. The summed E-state index contributed by atoms with van der Waals surface area (Å²) in [6.45, 7) is 7.07. The average molecular weight is 464 g/mol. The minimum atomic E-state index is -0.261. The highest BCUT2D eigenvalue weighted by Gasteiger charge is 2.26. The van der Waals surface area contributed by atoms with E-state index in [0.29, 0.717) is 26.0 Å². The minimum Gasteiger partial charge on any atom is -0.466 e. The van der Waals surface area contributed by atoms with Crippen molar-refractivity contribution in [2.24, 2.45) is 5.41 Å². The van der Waals surface area contributed by atoms with Gasteiger partial charge in [0.1, 0.15) is 5.82 Å². The van der Waals surface area contributed by atoms with E-state index in [1.807, 2.05) is 43.3 Å². The predicted octanol–water partition coefficient (Wildman–Crippen LogP) is 6.02. The van der Waals surface area contributed by atoms with Crippen LogP contribution in [0, 0.1) is 5.41 Å². The molecule has 2 aromatic carbocycles. The van der Waals surface area contributed by atoms with E-state index < -0.39 is 0 Å². The van der Waals surface area contributed by atoms with Crippen LogP contribution < -0.4 is 0 Å². The molecule has 4 nitrogen and oxygen atoms in total. The summed E-state index contributed by atoms with van der Waals surface area (Å²) in [6.07, 6.45) is 1.03. The van der Waals surface area contributed by atoms with E-state index in [-0.39, 0.29) is 11.4 Å². The maximum absolute atomic E-state index is 12.0. The molecule has 3 rings (SSSR count). The van der Waals surface area contributed by atoms with Gasteiger partial charge < -0.3 is 9.30 Å². The van der Waals surface area contributed by atoms with Crippen LogP contribution in [0.25, 0.3) is 11.0 Å². The number of halogens is 2. The second-order valence-electron chi connectivity index (χ2n) is 7.70. The number of hydrogen-bond donors (Lipinski definition) is 0. The molecule has 0 aliphatic carbocycles. The molecule has 3 aromatic rings. The summed E-state index contributed by atoms with van der Waals surface area (Å²) in [5, 5.41) is 0.721. The molecule has 6 heteroatoms. The number of rotatable bonds is 7. The first-order chi connectivity index (χ1) is 13.3. The summed E-state index contributed by atoms with van der Waals surface area (Å²) >= 11 is 9.56. The minimum absolute atomic E-state index is 0.171. The summed E-state index contributed by atoms with van der Waals surface area (Å²) in [7, 11) is 0. The molecule has 0 amide bonds. The van der Waals surface area contributed by atoms with Crippen LogP contribution >= 0.6 is 27.5 Å². The number of benzene rings is 2. The van der Waals surface area contributed by atoms with E-state index >= 15 is 0 Å². The van der Waals surface area contributed by atoms with Gasteiger partial charge in [-0.25, -0.2) is 4.98 Å². The number of aromatic nitrogens is 2. The van der Waals surface area contributed by atoms with Crippen molar-refractivity contribution in [2.45, 2.75) is 40.2 Å². The molecule has 28 heavy (non-hydrogen) atoms. The molecule has 0 saturated heterocycles. The SMILES string of the molecule is CCOC(=O)CC(C)(C)Cc1nc2cc(Br)ccc2n1Cc1ccc(Cl)cc1. The third-order valence-corrected chi connectivity index (χ3v) is 5.35. The Morgan fingerprint density at radius 1 is 1.21 bits per heavy atom. The van der Waals surface area contributed by atoms with Gasteiger partial charge in [0.15, 0.2) is 0 Å². The molecule has 1 aromatic heterocycles. The van der Waals surface area contributed by atoms with Gasteiger partial charge in [-0.3, -0.25) is 4.79 Å². The highest BCUT2D eigenvalue weighted by atomic mass is 79.9. The lowest BCUT2D eigenvalue weighted by Crippen LogP contribution is -2.23. The van der Waals surface area contributed by atoms with E-state index in [0.717, 1.165) is 31.9 Å². The van der Waals surface area contributed by atoms with Crippen molar-refractivity contribution in [3.63, 3.8) is 0 Å². The lowest BCUT2D eigenvalue weighted by atomic mass is 9.85. The Morgan fingerprint density at radius 3 is 2.61 bits per heavy atom. The third-order valence-electron chi connectivity index (χ3n) is 4.61. The molecule has 0 aliphatic heterocycles. The van der Waals surface area contributed by atoms with E-state index in [1.54, 1.807) is 0 Å². The van der Waals surface area contributed by atoms with Crippen molar-refractivity contribution in [1.29, 1.82) is 0 Å². The Kier molecular flexibility index (Phi) is 6.46. The van der Waals surface area contributed by atoms with Crippen molar-refractivity contribution in [3.8, 4) is 0 Å². The fraction of sp³-hybridized carbons (Fsp3) is 0.364. The Balaban J connectivity index is 1.96. The molecule has 0 radical (unpaired) electrons. The summed E-state index contributed by atoms with van der Waals surface area (Å²) in [4.78, 5) is 16.9. The number of carbonyl (C=O) groups is 1. The Labute approximate surface area is 179 Å². The first kappa shape index (κ1) is 20.9. The monoisotopic (exact) mass is 462 g/mol. The molecular formula is C22H24BrClN2O2. The van der Waals surface area contributed by atoms with Gasteiger partial charge in [-0.15, -0.1) is 0 Å². The van der Waals surface area contributed by atoms with Gasteiger partial charge in [0, 0.05) is 22.5 Å². The van der Waals surface area contributed by atoms with Crippen LogP contribution in [-0.2, 0) is 22.5 Å². The number of ether oxygens (including phenoxy) is 1. The molecule has 0 fully saturated rings. The van der Waals surface area contributed by atoms with Gasteiger partial charge in [-0.1, -0.05) is 53.5 Å². The molecule has 0 atom stereocenters. The van der Waals surface area contributed by atoms with Gasteiger partial charge in [0.25, 0.3) is 0 Å². The standard InChI is InChI=1S/C22H24BrClN2O2/c1-4-28-21(27)13-22(2,3)12-20-25-18-11-16(23)7-10-19(18)26(20)14-15-5-8-17(24)9-6-15/h5-11H,4,12-14H2,1-3H3. The third kappa shape index (κ3) is 5.15. The Bertz CT molecular complexity index is 980. The summed E-state index contributed by atoms with van der Waals surface area (Å²) in [5.74, 6) is 0.785. The van der Waals surface area contributed by atoms with Crippen molar-refractivity contribution >= 4 is 44.5 Å². The molecule has 148 valence electrons. The first-order valence-corrected chi connectivity index (χ1v) is 10.5. The second kappa shape index (κ2) is 8.66. The summed E-state index contributed by atoms with van der Waals surface area (Å²) < 4.78 is 8.36. The lowest BCUT2D eigenvalue weighted by molar-refractivity contribution is -0.145. The highest BCUT2D eigenvalue weighted by molar-refractivity contribution is 9.10. The number of nitrogens with zero attached hydrogens (tertiary/aromatic N) is 2. The smallest absolute Gasteiger partial charge is 0.306 e. The van der Waals surface area contributed by atoms with Crippen molar-refractivity contribution < 1.29 is 9.53 Å². The highest BCUT2D eigenvalue weighted by Crippen LogP contribution is 2.30. The van der Waals surface area contributed by atoms with Crippen molar-refractivity contribution in [1.82, 2.24) is 9.55 Å². The van der Waals surface area contributed by atoms with Gasteiger partial charge in [-0.05, 0) is 48.2 Å². The summed E-state index contributed by atoms with van der Waals surface area (Å²) in [5.41, 5.74) is 2.89. The first-order valence-electron chi connectivity index (χ1n) is 9.32. The van der Waals surface area contributed by atoms with Crippen LogP contribution in [0.5, 0.6) is 0 Å². The van der Waals surface area contributed by atoms with Gasteiger partial charge in [0.2, 0.25) is 0 Å². The largest absolute Gasteiger partial charge is 0.466 e. The zero-order valence-corrected chi connectivity index (χ0v) is 18.7. The molecule has 0 bridgehead atoms. The number of fused-ring (bicyclic) bond motifs is 1. The van der Waals surface area contributed by atoms with Crippen LogP contribution in [0.3, 0.4) is 0 Å². The Morgan fingerprint density at radius 2 is 1.93 bits per heavy atom. The molecule has 0 N–H and O–H groups in total. The predicted molar refractivity (Wildman–Crippen MR) is 117 cm³/mol. The maximum Gasteiger partial charge on any atom is 0.306 e. The normalized spacial score (nSPS) is 11.8. The van der Waals surface area contributed by atoms with Crippen LogP contribution in [0.1, 0.15) is 38.6 Å². The molecule has 0 aliphatic rings. The zero-order chi connectivity index (χ0) is 20.3. The maximum atomic E-state index is 12.0. The zero-order valence-electron chi connectivity index (χ0n) is 16.3. The quantitative estimate of drug-likeness (QED) is 0.402. The van der Waals surface area contributed by atoms with Crippen LogP contribution in [0.2, 0.25) is 5.02 Å². The van der Waals surface area contributed by atoms with E-state index in [2.05, 4.69) is 40.4 Å². The second-order valence-corrected chi connectivity index (χ2v) is 9.05. The van der Waals surface area contributed by atoms with Crippen LogP contribution in [0.4, 0.5) is 0 Å². The van der Waals surface area contributed by atoms with Gasteiger partial charge >= 0.3 is 5.97 Å². The van der Waals surface area contributed by atoms with Crippen molar-refractivity contribution in [3.05, 3.63) is 63.3 Å². The van der Waals surface area contributed by atoms with Crippen LogP contribution in [0.15, 0.2) is 46.9 Å². The number of carbonyl (C=O) groups excluding carboxylic acids is 1. The molecule has 0 spiro atoms. The average Bonchev–Trinajstić information content (AvgIpc) is 2.92. The van der Waals surface area contributed by atoms with Crippen molar-refractivity contribution in [2.75, 3.05) is 6.61 Å². The lowest BCUT2D eigenvalue weighted by Gasteiger charge is -2.23. The molecule has 1 heterocycles. The topological polar surface area (TPSA) is 44.1 Å². The van der Waals surface area contributed by atoms with E-state index in [9.17, 15) is 4.79 Å². The number of esters is 1. The van der Waals surface area contributed by atoms with E-state index in [1.165, 1.54) is 0 Å². The van der Waals surface area contributed by atoms with Gasteiger partial charge in [0.05, 0.1) is 24.1 Å². The molecule has 0 unspecified atom stereocenters. The van der Waals surface area contributed by atoms with Gasteiger partial charge in [-0.2, -0.15) is 0 Å². The fourth-order valence-corrected chi connectivity index (χ4v) is 3.80. The number of hydrogen-bond acceptors (Lipinski definition) is 3. The Hall–Kier alpha value is -1.85. The van der Waals surface area contributed by atoms with E-state index in [4.69, 9.17) is 21.3 Å². The fourth-order valence-electron chi connectivity index (χ4n) is 3.33. The number of imidazole rings is 1. The summed E-state index contributed by atoms with van der Waals surface area (Å²) in [6, 6.07) is 14.0.